The number of carbonyl (C=O) groups is 1. The lowest BCUT2D eigenvalue weighted by Gasteiger charge is -2.28. The molecule has 4 heterocycles. The van der Waals surface area contributed by atoms with E-state index in [1.54, 1.807) is 17.4 Å². The van der Waals surface area contributed by atoms with Crippen LogP contribution in [-0.4, -0.2) is 45.3 Å². The highest BCUT2D eigenvalue weighted by Crippen LogP contribution is 2.34. The summed E-state index contributed by atoms with van der Waals surface area (Å²) in [6, 6.07) is 14.6. The van der Waals surface area contributed by atoms with Gasteiger partial charge in [-0.2, -0.15) is 11.3 Å². The fourth-order valence-electron chi connectivity index (χ4n) is 5.02. The molecule has 174 valence electrons. The zero-order valence-corrected chi connectivity index (χ0v) is 19.4. The summed E-state index contributed by atoms with van der Waals surface area (Å²) in [7, 11) is 0. The number of nitrogens with zero attached hydrogens (tertiary/aromatic N) is 3. The van der Waals surface area contributed by atoms with Crippen molar-refractivity contribution in [2.24, 2.45) is 0 Å². The molecule has 2 aromatic heterocycles. The van der Waals surface area contributed by atoms with Crippen LogP contribution in [0.25, 0.3) is 11.0 Å². The minimum atomic E-state index is -0.300. The number of ether oxygens (including phenoxy) is 1. The molecule has 0 aliphatic carbocycles. The second-order valence-electron chi connectivity index (χ2n) is 8.97. The van der Waals surface area contributed by atoms with Crippen LogP contribution in [0.4, 0.5) is 4.39 Å². The first kappa shape index (κ1) is 21.3. The van der Waals surface area contributed by atoms with Crippen LogP contribution in [0.2, 0.25) is 0 Å². The Hall–Kier alpha value is -3.23. The number of aromatic amines is 1. The van der Waals surface area contributed by atoms with Crippen LogP contribution in [0.5, 0.6) is 5.75 Å². The highest BCUT2D eigenvalue weighted by molar-refractivity contribution is 7.07. The third kappa shape index (κ3) is 4.08. The molecule has 0 radical (unpaired) electrons. The number of fused-ring (bicyclic) bond motifs is 2. The first-order chi connectivity index (χ1) is 16.6. The zero-order chi connectivity index (χ0) is 23.1. The molecule has 6 nitrogen and oxygen atoms in total. The number of halogens is 1. The molecule has 0 bridgehead atoms. The van der Waals surface area contributed by atoms with E-state index in [4.69, 9.17) is 4.74 Å². The average molecular weight is 477 g/mol. The number of thiophene rings is 1. The van der Waals surface area contributed by atoms with Gasteiger partial charge in [-0.05, 0) is 53.9 Å². The molecular weight excluding hydrogens is 451 g/mol. The molecule has 1 saturated heterocycles. The van der Waals surface area contributed by atoms with Gasteiger partial charge in [-0.15, -0.1) is 0 Å². The maximum absolute atomic E-state index is 13.6. The predicted octanol–water partition coefficient (Wildman–Crippen LogP) is 5.06. The molecule has 4 aromatic rings. The number of imidazole rings is 1. The van der Waals surface area contributed by atoms with Crippen molar-refractivity contribution in [1.82, 2.24) is 19.8 Å². The summed E-state index contributed by atoms with van der Waals surface area (Å²) in [5.74, 6) is 1.39. The lowest BCUT2D eigenvalue weighted by molar-refractivity contribution is -0.133. The van der Waals surface area contributed by atoms with Crippen LogP contribution in [0, 0.1) is 5.82 Å². The summed E-state index contributed by atoms with van der Waals surface area (Å²) >= 11 is 1.65. The fourth-order valence-corrected chi connectivity index (χ4v) is 5.72. The second-order valence-corrected chi connectivity index (χ2v) is 9.75. The van der Waals surface area contributed by atoms with Gasteiger partial charge in [-0.25, -0.2) is 9.37 Å². The number of likely N-dealkylation sites (tertiary alicyclic amines) is 1. The van der Waals surface area contributed by atoms with E-state index in [0.717, 1.165) is 41.1 Å². The summed E-state index contributed by atoms with van der Waals surface area (Å²) in [5.41, 5.74) is 3.60. The number of H-pyrrole nitrogens is 1. The van der Waals surface area contributed by atoms with Crippen molar-refractivity contribution < 1.29 is 13.9 Å². The molecule has 0 saturated carbocycles. The number of hydrogen-bond acceptors (Lipinski definition) is 5. The number of amides is 1. The van der Waals surface area contributed by atoms with Crippen LogP contribution in [0.3, 0.4) is 0 Å². The van der Waals surface area contributed by atoms with Gasteiger partial charge in [0.05, 0.1) is 23.6 Å². The molecule has 2 aliphatic heterocycles. The number of rotatable bonds is 4. The molecule has 0 unspecified atom stereocenters. The fraction of sp³-hybridized carbons (Fsp3) is 0.308. The van der Waals surface area contributed by atoms with Gasteiger partial charge in [0.15, 0.2) is 0 Å². The predicted molar refractivity (Wildman–Crippen MR) is 129 cm³/mol. The van der Waals surface area contributed by atoms with Crippen molar-refractivity contribution in [1.29, 1.82) is 0 Å². The monoisotopic (exact) mass is 476 g/mol. The van der Waals surface area contributed by atoms with Crippen molar-refractivity contribution in [2.45, 2.75) is 31.5 Å². The lowest BCUT2D eigenvalue weighted by atomic mass is 10.1. The molecule has 8 heteroatoms. The first-order valence-corrected chi connectivity index (χ1v) is 12.5. The SMILES string of the molecule is O=C(CN1Cc2ccccc2O[C@@H](c2ccsc2)C1)N1CCC[C@H]1c1nc2ccc(F)cc2[nH]1. The maximum atomic E-state index is 13.6. The zero-order valence-electron chi connectivity index (χ0n) is 18.6. The van der Waals surface area contributed by atoms with E-state index >= 15 is 0 Å². The Morgan fingerprint density at radius 3 is 3.03 bits per heavy atom. The van der Waals surface area contributed by atoms with Crippen LogP contribution in [0.15, 0.2) is 59.3 Å². The Balaban J connectivity index is 1.23. The van der Waals surface area contributed by atoms with E-state index in [0.29, 0.717) is 31.7 Å². The third-order valence-electron chi connectivity index (χ3n) is 6.68. The van der Waals surface area contributed by atoms with Crippen molar-refractivity contribution in [3.8, 4) is 5.75 Å². The highest BCUT2D eigenvalue weighted by atomic mass is 32.1. The third-order valence-corrected chi connectivity index (χ3v) is 7.39. The minimum Gasteiger partial charge on any atom is -0.484 e. The highest BCUT2D eigenvalue weighted by Gasteiger charge is 2.34. The Morgan fingerprint density at radius 1 is 1.24 bits per heavy atom. The van der Waals surface area contributed by atoms with E-state index in [1.165, 1.54) is 12.1 Å². The Morgan fingerprint density at radius 2 is 2.15 bits per heavy atom. The molecule has 6 rings (SSSR count). The summed E-state index contributed by atoms with van der Waals surface area (Å²) < 4.78 is 20.0. The van der Waals surface area contributed by atoms with E-state index in [9.17, 15) is 9.18 Å². The topological polar surface area (TPSA) is 61.5 Å². The Labute approximate surface area is 201 Å². The van der Waals surface area contributed by atoms with Crippen LogP contribution >= 0.6 is 11.3 Å². The largest absolute Gasteiger partial charge is 0.484 e. The normalized spacial score (nSPS) is 20.8. The van der Waals surface area contributed by atoms with Gasteiger partial charge < -0.3 is 14.6 Å². The van der Waals surface area contributed by atoms with E-state index in [-0.39, 0.29) is 23.9 Å². The molecule has 2 aromatic carbocycles. The molecule has 2 atom stereocenters. The van der Waals surface area contributed by atoms with Crippen molar-refractivity contribution in [3.63, 3.8) is 0 Å². The van der Waals surface area contributed by atoms with Gasteiger partial charge >= 0.3 is 0 Å². The smallest absolute Gasteiger partial charge is 0.237 e. The first-order valence-electron chi connectivity index (χ1n) is 11.6. The van der Waals surface area contributed by atoms with Crippen molar-refractivity contribution in [2.75, 3.05) is 19.6 Å². The Bertz CT molecular complexity index is 1320. The van der Waals surface area contributed by atoms with Gasteiger partial charge in [-0.3, -0.25) is 9.69 Å². The van der Waals surface area contributed by atoms with Gasteiger partial charge in [0.2, 0.25) is 5.91 Å². The lowest BCUT2D eigenvalue weighted by Crippen LogP contribution is -2.41. The van der Waals surface area contributed by atoms with Crippen molar-refractivity contribution >= 4 is 28.3 Å². The van der Waals surface area contributed by atoms with Crippen molar-refractivity contribution in [3.05, 3.63) is 82.1 Å². The number of hydrogen-bond donors (Lipinski definition) is 1. The number of nitrogens with one attached hydrogen (secondary N) is 1. The molecule has 1 fully saturated rings. The molecule has 2 aliphatic rings. The van der Waals surface area contributed by atoms with E-state index < -0.39 is 0 Å². The summed E-state index contributed by atoms with van der Waals surface area (Å²) in [4.78, 5) is 25.5. The van der Waals surface area contributed by atoms with Gasteiger partial charge in [-0.1, -0.05) is 18.2 Å². The summed E-state index contributed by atoms with van der Waals surface area (Å²) in [6.07, 6.45) is 1.64. The van der Waals surface area contributed by atoms with E-state index in [2.05, 4.69) is 37.8 Å². The average Bonchev–Trinajstić information content (AvgIpc) is 3.58. The number of aromatic nitrogens is 2. The molecule has 34 heavy (non-hydrogen) atoms. The van der Waals surface area contributed by atoms with Gasteiger partial charge in [0, 0.05) is 30.8 Å². The quantitative estimate of drug-likeness (QED) is 0.447. The summed E-state index contributed by atoms with van der Waals surface area (Å²) in [5, 5.41) is 4.17. The minimum absolute atomic E-state index is 0.0811. The second kappa shape index (κ2) is 8.85. The molecule has 0 spiro atoms. The number of benzene rings is 2. The van der Waals surface area contributed by atoms with Crippen LogP contribution in [-0.2, 0) is 11.3 Å². The van der Waals surface area contributed by atoms with Gasteiger partial charge in [0.1, 0.15) is 23.5 Å². The van der Waals surface area contributed by atoms with Gasteiger partial charge in [0.25, 0.3) is 0 Å². The Kier molecular flexibility index (Phi) is 5.55. The van der Waals surface area contributed by atoms with Crippen LogP contribution < -0.4 is 4.74 Å². The number of carbonyl (C=O) groups excluding carboxylic acids is 1. The van der Waals surface area contributed by atoms with Crippen LogP contribution in [0.1, 0.15) is 41.9 Å². The molecular formula is C26H25FN4O2S. The molecule has 1 N–H and O–H groups in total. The maximum Gasteiger partial charge on any atom is 0.237 e. The van der Waals surface area contributed by atoms with E-state index in [1.807, 2.05) is 23.1 Å². The summed E-state index contributed by atoms with van der Waals surface area (Å²) in [6.45, 7) is 2.30. The molecule has 1 amide bonds. The standard InChI is InChI=1S/C26H25FN4O2S/c27-19-7-8-20-21(12-19)29-26(28-20)22-5-3-10-31(22)25(32)15-30-13-17-4-1-2-6-23(17)33-24(14-30)18-9-11-34-16-18/h1-2,4,6-9,11-12,16,22,24H,3,5,10,13-15H2,(H,28,29)/t22-,24+/m0/s1. The number of para-hydroxylation sites is 1.